The monoisotopic (exact) mass is 243 g/mol. The predicted molar refractivity (Wildman–Crippen MR) is 63.2 cm³/mol. The van der Waals surface area contributed by atoms with E-state index in [1.165, 1.54) is 11.0 Å². The number of rotatable bonds is 3. The van der Waals surface area contributed by atoms with Gasteiger partial charge in [-0.15, -0.1) is 0 Å². The minimum absolute atomic E-state index is 0.0618. The second-order valence-electron chi connectivity index (χ2n) is 3.53. The Kier molecular flexibility index (Phi) is 3.89. The molecule has 0 bridgehead atoms. The number of nitrogen functional groups attached to an aromatic ring is 1. The van der Waals surface area contributed by atoms with Crippen LogP contribution in [0, 0.1) is 0 Å². The first-order valence-corrected chi connectivity index (χ1v) is 5.05. The zero-order chi connectivity index (χ0) is 12.3. The second-order valence-corrected chi connectivity index (χ2v) is 3.92. The molecule has 0 fully saturated rings. The summed E-state index contributed by atoms with van der Waals surface area (Å²) in [4.78, 5) is 20.7. The molecule has 1 aromatic rings. The number of anilines is 2. The summed E-state index contributed by atoms with van der Waals surface area (Å²) in [5.41, 5.74) is 5.43. The molecule has 1 unspecified atom stereocenters. The topological polar surface area (TPSA) is 84.1 Å². The van der Waals surface area contributed by atoms with Crippen molar-refractivity contribution in [2.24, 2.45) is 0 Å². The molecule has 1 rings (SSSR count). The van der Waals surface area contributed by atoms with Gasteiger partial charge >= 0.3 is 0 Å². The van der Waals surface area contributed by atoms with Gasteiger partial charge in [-0.05, 0) is 6.92 Å². The van der Waals surface area contributed by atoms with Gasteiger partial charge in [0.25, 0.3) is 0 Å². The minimum Gasteiger partial charge on any atom is -0.368 e. The summed E-state index contributed by atoms with van der Waals surface area (Å²) in [5.74, 6) is 0.438. The maximum Gasteiger partial charge on any atom is 0.244 e. The number of nitrogens with one attached hydrogen (secondary N) is 1. The van der Waals surface area contributed by atoms with Crippen LogP contribution >= 0.6 is 11.6 Å². The summed E-state index contributed by atoms with van der Waals surface area (Å²) in [6.45, 7) is 1.73. The maximum absolute atomic E-state index is 11.6. The largest absolute Gasteiger partial charge is 0.368 e. The van der Waals surface area contributed by atoms with Crippen molar-refractivity contribution in [3.63, 3.8) is 0 Å². The van der Waals surface area contributed by atoms with Gasteiger partial charge in [0.05, 0.1) is 0 Å². The molecule has 0 radical (unpaired) electrons. The van der Waals surface area contributed by atoms with E-state index in [9.17, 15) is 4.79 Å². The first-order chi connectivity index (χ1) is 7.40. The minimum atomic E-state index is -0.402. The molecule has 1 aromatic heterocycles. The van der Waals surface area contributed by atoms with Crippen LogP contribution in [0.2, 0.25) is 5.15 Å². The Hall–Kier alpha value is -1.56. The summed E-state index contributed by atoms with van der Waals surface area (Å²) in [7, 11) is 3.36. The van der Waals surface area contributed by atoms with E-state index < -0.39 is 6.04 Å². The lowest BCUT2D eigenvalue weighted by atomic mass is 10.3. The molecule has 0 saturated carbocycles. The lowest BCUT2D eigenvalue weighted by Gasteiger charge is -2.18. The van der Waals surface area contributed by atoms with Crippen molar-refractivity contribution in [1.82, 2.24) is 14.9 Å². The van der Waals surface area contributed by atoms with Crippen LogP contribution in [0.5, 0.6) is 0 Å². The normalized spacial score (nSPS) is 12.0. The van der Waals surface area contributed by atoms with E-state index in [2.05, 4.69) is 15.3 Å². The van der Waals surface area contributed by atoms with E-state index in [4.69, 9.17) is 17.3 Å². The number of halogens is 1. The summed E-state index contributed by atoms with van der Waals surface area (Å²) in [5, 5.41) is 3.13. The average molecular weight is 244 g/mol. The standard InChI is InChI=1S/C9H14ClN5O/c1-5(8(16)15(2)3)12-7-4-6(10)13-9(11)14-7/h4-5H,1-3H3,(H3,11,12,13,14). The van der Waals surface area contributed by atoms with Crippen LogP contribution in [-0.4, -0.2) is 40.9 Å². The molecule has 0 aliphatic heterocycles. The highest BCUT2D eigenvalue weighted by atomic mass is 35.5. The third-order valence-corrected chi connectivity index (χ3v) is 2.08. The molecule has 0 spiro atoms. The molecular weight excluding hydrogens is 230 g/mol. The van der Waals surface area contributed by atoms with Crippen LogP contribution in [0.1, 0.15) is 6.92 Å². The zero-order valence-corrected chi connectivity index (χ0v) is 10.1. The third-order valence-electron chi connectivity index (χ3n) is 1.89. The fraction of sp³-hybridized carbons (Fsp3) is 0.444. The number of nitrogens with two attached hydrogens (primary N) is 1. The number of nitrogens with zero attached hydrogens (tertiary/aromatic N) is 3. The molecule has 1 atom stereocenters. The Morgan fingerprint density at radius 3 is 2.69 bits per heavy atom. The Balaban J connectivity index is 2.76. The lowest BCUT2D eigenvalue weighted by Crippen LogP contribution is -2.36. The van der Waals surface area contributed by atoms with Crippen molar-refractivity contribution in [2.75, 3.05) is 25.1 Å². The van der Waals surface area contributed by atoms with Crippen LogP contribution in [0.25, 0.3) is 0 Å². The second kappa shape index (κ2) is 4.98. The van der Waals surface area contributed by atoms with Gasteiger partial charge in [-0.2, -0.15) is 4.98 Å². The van der Waals surface area contributed by atoms with E-state index in [1.807, 2.05) is 0 Å². The van der Waals surface area contributed by atoms with Crippen molar-refractivity contribution in [3.05, 3.63) is 11.2 Å². The molecule has 16 heavy (non-hydrogen) atoms. The Morgan fingerprint density at radius 2 is 2.19 bits per heavy atom. The summed E-state index contributed by atoms with van der Waals surface area (Å²) >= 11 is 5.71. The molecule has 1 amide bonds. The maximum atomic E-state index is 11.6. The third kappa shape index (κ3) is 3.23. The van der Waals surface area contributed by atoms with Gasteiger partial charge in [0, 0.05) is 20.2 Å². The molecule has 7 heteroatoms. The highest BCUT2D eigenvalue weighted by Crippen LogP contribution is 2.13. The van der Waals surface area contributed by atoms with Crippen molar-refractivity contribution in [3.8, 4) is 0 Å². The fourth-order valence-electron chi connectivity index (χ4n) is 1.18. The SMILES string of the molecule is CC(Nc1cc(Cl)nc(N)n1)C(=O)N(C)C. The molecule has 0 saturated heterocycles. The quantitative estimate of drug-likeness (QED) is 0.760. The first-order valence-electron chi connectivity index (χ1n) is 4.68. The van der Waals surface area contributed by atoms with E-state index in [0.29, 0.717) is 5.82 Å². The summed E-state index contributed by atoms with van der Waals surface area (Å²) < 4.78 is 0. The van der Waals surface area contributed by atoms with Crippen molar-refractivity contribution < 1.29 is 4.79 Å². The van der Waals surface area contributed by atoms with E-state index in [-0.39, 0.29) is 17.0 Å². The molecule has 0 aromatic carbocycles. The van der Waals surface area contributed by atoms with Crippen LogP contribution in [0.3, 0.4) is 0 Å². The summed E-state index contributed by atoms with van der Waals surface area (Å²) in [6.07, 6.45) is 0. The van der Waals surface area contributed by atoms with Gasteiger partial charge in [0.15, 0.2) is 0 Å². The molecule has 3 N–H and O–H groups in total. The Labute approximate surface area is 98.8 Å². The fourth-order valence-corrected chi connectivity index (χ4v) is 1.37. The number of carbonyl (C=O) groups excluding carboxylic acids is 1. The first kappa shape index (κ1) is 12.5. The number of amides is 1. The molecule has 1 heterocycles. The average Bonchev–Trinajstić information content (AvgIpc) is 2.14. The van der Waals surface area contributed by atoms with Gasteiger partial charge in [-0.25, -0.2) is 4.98 Å². The number of likely N-dealkylation sites (N-methyl/N-ethyl adjacent to an activating group) is 1. The molecule has 6 nitrogen and oxygen atoms in total. The van der Waals surface area contributed by atoms with E-state index >= 15 is 0 Å². The van der Waals surface area contributed by atoms with Gasteiger partial charge in [0.2, 0.25) is 11.9 Å². The number of carbonyl (C=O) groups is 1. The zero-order valence-electron chi connectivity index (χ0n) is 9.36. The van der Waals surface area contributed by atoms with Gasteiger partial charge in [-0.1, -0.05) is 11.6 Å². The number of hydrogen-bond donors (Lipinski definition) is 2. The van der Waals surface area contributed by atoms with Gasteiger partial charge in [0.1, 0.15) is 17.0 Å². The molecular formula is C9H14ClN5O. The van der Waals surface area contributed by atoms with Crippen molar-refractivity contribution in [1.29, 1.82) is 0 Å². The van der Waals surface area contributed by atoms with Gasteiger partial charge < -0.3 is 16.0 Å². The number of hydrogen-bond acceptors (Lipinski definition) is 5. The highest BCUT2D eigenvalue weighted by Gasteiger charge is 2.15. The van der Waals surface area contributed by atoms with Crippen LogP contribution in [0.15, 0.2) is 6.07 Å². The van der Waals surface area contributed by atoms with Crippen LogP contribution in [0.4, 0.5) is 11.8 Å². The summed E-state index contributed by atoms with van der Waals surface area (Å²) in [6, 6.07) is 1.11. The molecule has 0 aliphatic rings. The van der Waals surface area contributed by atoms with Gasteiger partial charge in [-0.3, -0.25) is 4.79 Å². The van der Waals surface area contributed by atoms with E-state index in [1.54, 1.807) is 21.0 Å². The van der Waals surface area contributed by atoms with Crippen molar-refractivity contribution >= 4 is 29.3 Å². The molecule has 0 aliphatic carbocycles. The lowest BCUT2D eigenvalue weighted by molar-refractivity contribution is -0.129. The smallest absolute Gasteiger partial charge is 0.244 e. The Bertz CT molecular complexity index is 375. The van der Waals surface area contributed by atoms with Crippen LogP contribution < -0.4 is 11.1 Å². The Morgan fingerprint density at radius 1 is 1.56 bits per heavy atom. The van der Waals surface area contributed by atoms with Crippen molar-refractivity contribution in [2.45, 2.75) is 13.0 Å². The van der Waals surface area contributed by atoms with Crippen LogP contribution in [-0.2, 0) is 4.79 Å². The highest BCUT2D eigenvalue weighted by molar-refractivity contribution is 6.29. The van der Waals surface area contributed by atoms with E-state index in [0.717, 1.165) is 0 Å². The number of aromatic nitrogens is 2. The molecule has 88 valence electrons. The predicted octanol–water partition coefficient (Wildman–Crippen LogP) is 0.601.